The molecule has 1 N–H and O–H groups in total. The fourth-order valence-corrected chi connectivity index (χ4v) is 4.15. The number of ether oxygens (including phenoxy) is 3. The number of amides is 1. The summed E-state index contributed by atoms with van der Waals surface area (Å²) < 4.78 is 39.7. The number of benzene rings is 1. The standard InChI is InChI=1S/C19H19F2NO6/c20-19(21)27-14-5-4-13(8-15(14)28-19)22-16(23)9-26-18(25)12-6-10-2-1-3-11(7-12)17(10)24/h4-5,8,10-12H,1-3,6-7,9H2,(H,22,23). The van der Waals surface area contributed by atoms with Crippen LogP contribution >= 0.6 is 0 Å². The quantitative estimate of drug-likeness (QED) is 0.789. The number of Topliss-reactive ketones (excluding diaryl/α,β-unsaturated/α-hetero) is 1. The molecular weight excluding hydrogens is 376 g/mol. The molecule has 28 heavy (non-hydrogen) atoms. The molecule has 2 aliphatic carbocycles. The maximum Gasteiger partial charge on any atom is 0.586 e. The van der Waals surface area contributed by atoms with Crippen molar-refractivity contribution in [3.05, 3.63) is 18.2 Å². The smallest absolute Gasteiger partial charge is 0.455 e. The second-order valence-corrected chi connectivity index (χ2v) is 7.38. The van der Waals surface area contributed by atoms with E-state index in [0.717, 1.165) is 19.3 Å². The molecule has 2 atom stereocenters. The van der Waals surface area contributed by atoms with Gasteiger partial charge in [0.15, 0.2) is 18.1 Å². The zero-order valence-corrected chi connectivity index (χ0v) is 14.9. The Hall–Kier alpha value is -2.71. The maximum atomic E-state index is 13.0. The van der Waals surface area contributed by atoms with Gasteiger partial charge in [-0.3, -0.25) is 14.4 Å². The first-order valence-corrected chi connectivity index (χ1v) is 9.21. The van der Waals surface area contributed by atoms with Crippen molar-refractivity contribution < 1.29 is 37.4 Å². The fourth-order valence-electron chi connectivity index (χ4n) is 4.15. The molecule has 4 rings (SSSR count). The number of hydrogen-bond donors (Lipinski definition) is 1. The minimum atomic E-state index is -3.74. The Kier molecular flexibility index (Phi) is 4.68. The van der Waals surface area contributed by atoms with Gasteiger partial charge in [0.1, 0.15) is 5.78 Å². The number of alkyl halides is 2. The lowest BCUT2D eigenvalue weighted by molar-refractivity contribution is -0.286. The minimum absolute atomic E-state index is 0.0781. The second-order valence-electron chi connectivity index (χ2n) is 7.38. The van der Waals surface area contributed by atoms with Crippen LogP contribution in [0.5, 0.6) is 11.5 Å². The van der Waals surface area contributed by atoms with Gasteiger partial charge in [-0.1, -0.05) is 6.42 Å². The summed E-state index contributed by atoms with van der Waals surface area (Å²) in [5, 5.41) is 2.45. The predicted molar refractivity (Wildman–Crippen MR) is 90.8 cm³/mol. The van der Waals surface area contributed by atoms with E-state index in [1.54, 1.807) is 0 Å². The molecule has 2 saturated carbocycles. The van der Waals surface area contributed by atoms with Crippen molar-refractivity contribution >= 4 is 23.3 Å². The zero-order chi connectivity index (χ0) is 19.9. The zero-order valence-electron chi connectivity index (χ0n) is 14.9. The number of nitrogens with one attached hydrogen (secondary N) is 1. The third-order valence-electron chi connectivity index (χ3n) is 5.41. The van der Waals surface area contributed by atoms with Crippen LogP contribution in [0.25, 0.3) is 0 Å². The molecule has 9 heteroatoms. The Balaban J connectivity index is 1.28. The van der Waals surface area contributed by atoms with Gasteiger partial charge >= 0.3 is 12.3 Å². The minimum Gasteiger partial charge on any atom is -0.455 e. The van der Waals surface area contributed by atoms with Gasteiger partial charge in [0.05, 0.1) is 5.92 Å². The number of halogens is 2. The van der Waals surface area contributed by atoms with Crippen LogP contribution in [0.3, 0.4) is 0 Å². The first kappa shape index (κ1) is 18.6. The molecular formula is C19H19F2NO6. The van der Waals surface area contributed by atoms with Crippen molar-refractivity contribution in [3.8, 4) is 11.5 Å². The molecule has 2 unspecified atom stereocenters. The molecule has 1 aromatic carbocycles. The molecule has 2 bridgehead atoms. The molecule has 1 amide bonds. The van der Waals surface area contributed by atoms with Crippen LogP contribution in [0.4, 0.5) is 14.5 Å². The van der Waals surface area contributed by atoms with Crippen molar-refractivity contribution in [1.82, 2.24) is 0 Å². The first-order chi connectivity index (χ1) is 13.3. The van der Waals surface area contributed by atoms with Gasteiger partial charge in [-0.05, 0) is 37.8 Å². The highest BCUT2D eigenvalue weighted by Gasteiger charge is 2.44. The SMILES string of the molecule is O=C(COC(=O)C1CC2CCCC(C1)C2=O)Nc1ccc2c(c1)OC(F)(F)O2. The molecule has 1 heterocycles. The highest BCUT2D eigenvalue weighted by molar-refractivity contribution is 5.93. The molecule has 2 fully saturated rings. The van der Waals surface area contributed by atoms with Crippen LogP contribution in [0.2, 0.25) is 0 Å². The highest BCUT2D eigenvalue weighted by atomic mass is 19.3. The number of rotatable bonds is 4. The van der Waals surface area contributed by atoms with Crippen molar-refractivity contribution in [3.63, 3.8) is 0 Å². The normalized spacial score (nSPS) is 27.2. The molecule has 0 saturated heterocycles. The van der Waals surface area contributed by atoms with E-state index in [-0.39, 0.29) is 40.7 Å². The fraction of sp³-hybridized carbons (Fsp3) is 0.526. The van der Waals surface area contributed by atoms with Crippen LogP contribution in [0.15, 0.2) is 18.2 Å². The van der Waals surface area contributed by atoms with E-state index in [9.17, 15) is 23.2 Å². The van der Waals surface area contributed by atoms with Crippen molar-refractivity contribution in [2.45, 2.75) is 38.4 Å². The summed E-state index contributed by atoms with van der Waals surface area (Å²) >= 11 is 0. The van der Waals surface area contributed by atoms with E-state index in [4.69, 9.17) is 4.74 Å². The largest absolute Gasteiger partial charge is 0.586 e. The molecule has 0 spiro atoms. The third kappa shape index (κ3) is 3.79. The topological polar surface area (TPSA) is 90.9 Å². The van der Waals surface area contributed by atoms with Crippen LogP contribution in [0, 0.1) is 17.8 Å². The number of carbonyl (C=O) groups excluding carboxylic acids is 3. The maximum absolute atomic E-state index is 13.0. The lowest BCUT2D eigenvalue weighted by Gasteiger charge is -2.36. The molecule has 0 radical (unpaired) electrons. The van der Waals surface area contributed by atoms with Crippen molar-refractivity contribution in [1.29, 1.82) is 0 Å². The van der Waals surface area contributed by atoms with Gasteiger partial charge in [-0.25, -0.2) is 0 Å². The van der Waals surface area contributed by atoms with E-state index in [1.807, 2.05) is 0 Å². The summed E-state index contributed by atoms with van der Waals surface area (Å²) in [6.45, 7) is -0.497. The van der Waals surface area contributed by atoms with E-state index in [1.165, 1.54) is 18.2 Å². The number of fused-ring (bicyclic) bond motifs is 3. The van der Waals surface area contributed by atoms with Crippen LogP contribution < -0.4 is 14.8 Å². The van der Waals surface area contributed by atoms with Gasteiger partial charge in [0, 0.05) is 23.6 Å². The van der Waals surface area contributed by atoms with Gasteiger partial charge in [-0.15, -0.1) is 8.78 Å². The summed E-state index contributed by atoms with van der Waals surface area (Å²) in [5.41, 5.74) is 0.207. The molecule has 150 valence electrons. The summed E-state index contributed by atoms with van der Waals surface area (Å²) in [6.07, 6.45) is -0.156. The van der Waals surface area contributed by atoms with Gasteiger partial charge in [-0.2, -0.15) is 0 Å². The van der Waals surface area contributed by atoms with Crippen molar-refractivity contribution in [2.24, 2.45) is 17.8 Å². The highest BCUT2D eigenvalue weighted by Crippen LogP contribution is 2.42. The van der Waals surface area contributed by atoms with Gasteiger partial charge in [0.25, 0.3) is 5.91 Å². The number of esters is 1. The van der Waals surface area contributed by atoms with Crippen LogP contribution in [-0.4, -0.2) is 30.6 Å². The molecule has 1 aromatic rings. The number of hydrogen-bond acceptors (Lipinski definition) is 6. The summed E-state index contributed by atoms with van der Waals surface area (Å²) in [5.74, 6) is -1.69. The summed E-state index contributed by atoms with van der Waals surface area (Å²) in [7, 11) is 0. The number of ketones is 1. The number of carbonyl (C=O) groups is 3. The summed E-state index contributed by atoms with van der Waals surface area (Å²) in [4.78, 5) is 36.4. The Morgan fingerprint density at radius 3 is 2.54 bits per heavy atom. The number of anilines is 1. The second kappa shape index (κ2) is 7.03. The average molecular weight is 395 g/mol. The van der Waals surface area contributed by atoms with E-state index >= 15 is 0 Å². The lowest BCUT2D eigenvalue weighted by atomic mass is 9.67. The monoisotopic (exact) mass is 395 g/mol. The Bertz CT molecular complexity index is 811. The first-order valence-electron chi connectivity index (χ1n) is 9.21. The third-order valence-corrected chi connectivity index (χ3v) is 5.41. The molecule has 1 aliphatic heterocycles. The summed E-state index contributed by atoms with van der Waals surface area (Å²) in [6, 6.07) is 3.82. The van der Waals surface area contributed by atoms with Crippen molar-refractivity contribution in [2.75, 3.05) is 11.9 Å². The van der Waals surface area contributed by atoms with Crippen LogP contribution in [0.1, 0.15) is 32.1 Å². The Morgan fingerprint density at radius 2 is 1.82 bits per heavy atom. The Labute approximate surface area is 159 Å². The van der Waals surface area contributed by atoms with E-state index in [2.05, 4.69) is 14.8 Å². The van der Waals surface area contributed by atoms with Gasteiger partial charge < -0.3 is 19.5 Å². The van der Waals surface area contributed by atoms with E-state index < -0.39 is 24.8 Å². The van der Waals surface area contributed by atoms with Gasteiger partial charge in [0.2, 0.25) is 0 Å². The molecule has 3 aliphatic rings. The average Bonchev–Trinajstić information content (AvgIpc) is 2.92. The van der Waals surface area contributed by atoms with Crippen LogP contribution in [-0.2, 0) is 19.1 Å². The van der Waals surface area contributed by atoms with E-state index in [0.29, 0.717) is 12.8 Å². The molecule has 0 aromatic heterocycles. The molecule has 7 nitrogen and oxygen atoms in total. The predicted octanol–water partition coefficient (Wildman–Crippen LogP) is 2.89. The Morgan fingerprint density at radius 1 is 1.14 bits per heavy atom. The lowest BCUT2D eigenvalue weighted by Crippen LogP contribution is -2.40.